The third-order valence-corrected chi connectivity index (χ3v) is 7.45. The summed E-state index contributed by atoms with van der Waals surface area (Å²) in [5.41, 5.74) is 5.84. The Morgan fingerprint density at radius 2 is 0.861 bits per heavy atom. The zero-order valence-corrected chi connectivity index (χ0v) is 20.9. The summed E-state index contributed by atoms with van der Waals surface area (Å²) < 4.78 is 13.5. The standard InChI is InChI=1S/C26H26N8S2/c1-3-9-17(10-4-1)23-29-25(33-35-31-23)21-15-7-13-19(27-21)20-14-8-16-22(28-20)26-30-24(32-36-34-26)18-11-5-2-6-12-18/h1-16,23-26,29-34H. The summed E-state index contributed by atoms with van der Waals surface area (Å²) in [4.78, 5) is 9.91. The molecule has 0 amide bonds. The van der Waals surface area contributed by atoms with Gasteiger partial charge >= 0.3 is 0 Å². The highest BCUT2D eigenvalue weighted by molar-refractivity contribution is 7.95. The number of hydrogen-bond donors (Lipinski definition) is 6. The largest absolute Gasteiger partial charge is 0.276 e. The molecule has 4 aromatic rings. The second kappa shape index (κ2) is 11.1. The molecule has 4 atom stereocenters. The normalized spacial score (nSPS) is 24.3. The molecule has 8 nitrogen and oxygen atoms in total. The minimum Gasteiger partial charge on any atom is -0.276 e. The van der Waals surface area contributed by atoms with Gasteiger partial charge in [-0.3, -0.25) is 10.6 Å². The maximum absolute atomic E-state index is 4.96. The fraction of sp³-hybridized carbons (Fsp3) is 0.154. The topological polar surface area (TPSA) is 98.0 Å². The van der Waals surface area contributed by atoms with Crippen LogP contribution < -0.4 is 29.5 Å². The lowest BCUT2D eigenvalue weighted by Gasteiger charge is -2.32. The van der Waals surface area contributed by atoms with Crippen LogP contribution in [0.4, 0.5) is 0 Å². The van der Waals surface area contributed by atoms with E-state index in [1.165, 1.54) is 35.4 Å². The van der Waals surface area contributed by atoms with Crippen molar-refractivity contribution in [1.82, 2.24) is 39.5 Å². The molecular weight excluding hydrogens is 488 g/mol. The molecule has 36 heavy (non-hydrogen) atoms. The summed E-state index contributed by atoms with van der Waals surface area (Å²) in [5.74, 6) is 0. The van der Waals surface area contributed by atoms with Crippen LogP contribution in [0.3, 0.4) is 0 Å². The Labute approximate surface area is 219 Å². The predicted molar refractivity (Wildman–Crippen MR) is 145 cm³/mol. The monoisotopic (exact) mass is 514 g/mol. The van der Waals surface area contributed by atoms with E-state index in [4.69, 9.17) is 9.97 Å². The quantitative estimate of drug-likeness (QED) is 0.217. The summed E-state index contributed by atoms with van der Waals surface area (Å²) in [5, 5.41) is 7.19. The Morgan fingerprint density at radius 3 is 1.31 bits per heavy atom. The molecule has 2 aromatic carbocycles. The lowest BCUT2D eigenvalue weighted by atomic mass is 10.1. The number of pyridine rings is 2. The minimum absolute atomic E-state index is 0.0153. The number of nitrogens with one attached hydrogen (secondary N) is 6. The van der Waals surface area contributed by atoms with E-state index in [9.17, 15) is 0 Å². The van der Waals surface area contributed by atoms with Crippen molar-refractivity contribution < 1.29 is 0 Å². The Kier molecular flexibility index (Phi) is 7.26. The van der Waals surface area contributed by atoms with Crippen molar-refractivity contribution in [2.45, 2.75) is 24.7 Å². The molecule has 182 valence electrons. The van der Waals surface area contributed by atoms with E-state index in [0.29, 0.717) is 0 Å². The number of benzene rings is 2. The zero-order chi connectivity index (χ0) is 24.2. The molecule has 2 saturated heterocycles. The fourth-order valence-electron chi connectivity index (χ4n) is 4.19. The number of aromatic nitrogens is 2. The van der Waals surface area contributed by atoms with Crippen LogP contribution in [0.15, 0.2) is 97.1 Å². The summed E-state index contributed by atoms with van der Waals surface area (Å²) >= 11 is 2.96. The Hall–Kier alpha value is -2.80. The molecule has 2 fully saturated rings. The van der Waals surface area contributed by atoms with Gasteiger partial charge in [0.05, 0.1) is 35.1 Å². The molecule has 0 saturated carbocycles. The van der Waals surface area contributed by atoms with Crippen LogP contribution in [0.2, 0.25) is 0 Å². The molecule has 0 spiro atoms. The van der Waals surface area contributed by atoms with Crippen molar-refractivity contribution in [1.29, 1.82) is 0 Å². The molecule has 6 rings (SSSR count). The van der Waals surface area contributed by atoms with Gasteiger partial charge in [-0.25, -0.2) is 28.9 Å². The molecule has 0 radical (unpaired) electrons. The third-order valence-electron chi connectivity index (χ3n) is 6.03. The lowest BCUT2D eigenvalue weighted by molar-refractivity contribution is 0.395. The highest BCUT2D eigenvalue weighted by Crippen LogP contribution is 2.27. The third kappa shape index (κ3) is 5.31. The Bertz CT molecular complexity index is 1190. The van der Waals surface area contributed by atoms with Crippen LogP contribution in [-0.4, -0.2) is 9.97 Å². The van der Waals surface area contributed by atoms with Crippen molar-refractivity contribution in [2.75, 3.05) is 0 Å². The second-order valence-electron chi connectivity index (χ2n) is 8.46. The van der Waals surface area contributed by atoms with Gasteiger partial charge in [0.25, 0.3) is 0 Å². The molecule has 2 aromatic heterocycles. The molecule has 2 aliphatic rings. The molecule has 10 heteroatoms. The summed E-state index contributed by atoms with van der Waals surface area (Å²) in [6, 6.07) is 32.8. The maximum Gasteiger partial charge on any atom is 0.113 e. The van der Waals surface area contributed by atoms with Crippen LogP contribution in [-0.2, 0) is 0 Å². The molecule has 4 heterocycles. The van der Waals surface area contributed by atoms with Gasteiger partial charge in [-0.05, 0) is 35.4 Å². The van der Waals surface area contributed by atoms with Gasteiger partial charge in [-0.2, -0.15) is 0 Å². The van der Waals surface area contributed by atoms with E-state index < -0.39 is 0 Å². The predicted octanol–water partition coefficient (Wildman–Crippen LogP) is 4.23. The van der Waals surface area contributed by atoms with Crippen molar-refractivity contribution >= 4 is 24.3 Å². The average molecular weight is 515 g/mol. The van der Waals surface area contributed by atoms with Gasteiger partial charge in [0.1, 0.15) is 12.3 Å². The van der Waals surface area contributed by atoms with Crippen molar-refractivity contribution in [3.05, 3.63) is 120 Å². The highest BCUT2D eigenvalue weighted by Gasteiger charge is 2.26. The minimum atomic E-state index is -0.111. The Morgan fingerprint density at radius 1 is 0.444 bits per heavy atom. The maximum atomic E-state index is 4.96. The molecular formula is C26H26N8S2. The van der Waals surface area contributed by atoms with Crippen molar-refractivity contribution in [3.8, 4) is 11.4 Å². The Balaban J connectivity index is 1.20. The lowest BCUT2D eigenvalue weighted by Crippen LogP contribution is -2.45. The molecule has 0 aliphatic carbocycles. The molecule has 4 unspecified atom stereocenters. The van der Waals surface area contributed by atoms with Crippen LogP contribution in [0.5, 0.6) is 0 Å². The average Bonchev–Trinajstić information content (AvgIpc) is 2.98. The van der Waals surface area contributed by atoms with Crippen LogP contribution in [0.1, 0.15) is 47.2 Å². The molecule has 2 aliphatic heterocycles. The number of nitrogens with zero attached hydrogens (tertiary/aromatic N) is 2. The first-order valence-corrected chi connectivity index (χ1v) is 13.4. The van der Waals surface area contributed by atoms with E-state index in [1.807, 2.05) is 72.8 Å². The van der Waals surface area contributed by atoms with Gasteiger partial charge in [0.15, 0.2) is 0 Å². The zero-order valence-electron chi connectivity index (χ0n) is 19.3. The van der Waals surface area contributed by atoms with Crippen LogP contribution in [0, 0.1) is 0 Å². The molecule has 0 bridgehead atoms. The van der Waals surface area contributed by atoms with Gasteiger partial charge in [0, 0.05) is 24.3 Å². The van der Waals surface area contributed by atoms with Crippen molar-refractivity contribution in [3.63, 3.8) is 0 Å². The number of rotatable bonds is 5. The van der Waals surface area contributed by atoms with Crippen LogP contribution >= 0.6 is 24.3 Å². The SMILES string of the molecule is c1ccc(C2NSNC(c3cccc(-c4cccc(C5NSNC(c6ccccc6)N5)n4)n3)N2)cc1. The van der Waals surface area contributed by atoms with E-state index in [-0.39, 0.29) is 24.7 Å². The smallest absolute Gasteiger partial charge is 0.113 e. The van der Waals surface area contributed by atoms with E-state index in [0.717, 1.165) is 22.8 Å². The van der Waals surface area contributed by atoms with Gasteiger partial charge in [0.2, 0.25) is 0 Å². The first-order valence-electron chi connectivity index (χ1n) is 11.7. The summed E-state index contributed by atoms with van der Waals surface area (Å²) in [6.45, 7) is 0. The summed E-state index contributed by atoms with van der Waals surface area (Å²) in [6.07, 6.45) is -0.191. The van der Waals surface area contributed by atoms with Crippen molar-refractivity contribution in [2.24, 2.45) is 0 Å². The van der Waals surface area contributed by atoms with E-state index in [2.05, 4.69) is 53.8 Å². The first-order chi connectivity index (χ1) is 17.8. The first kappa shape index (κ1) is 23.6. The highest BCUT2D eigenvalue weighted by atomic mass is 32.2. The van der Waals surface area contributed by atoms with E-state index in [1.54, 1.807) is 0 Å². The van der Waals surface area contributed by atoms with Crippen LogP contribution in [0.25, 0.3) is 11.4 Å². The van der Waals surface area contributed by atoms with E-state index >= 15 is 0 Å². The summed E-state index contributed by atoms with van der Waals surface area (Å²) in [7, 11) is 0. The van der Waals surface area contributed by atoms with Gasteiger partial charge < -0.3 is 0 Å². The van der Waals surface area contributed by atoms with Gasteiger partial charge in [-0.15, -0.1) is 0 Å². The number of hydrogen-bond acceptors (Lipinski definition) is 10. The molecule has 6 N–H and O–H groups in total. The fourth-order valence-corrected chi connectivity index (χ4v) is 5.59. The second-order valence-corrected chi connectivity index (χ2v) is 9.81. The van der Waals surface area contributed by atoms with Gasteiger partial charge in [-0.1, -0.05) is 72.8 Å².